The van der Waals surface area contributed by atoms with E-state index < -0.39 is 9.84 Å². The van der Waals surface area contributed by atoms with E-state index in [9.17, 15) is 8.42 Å². The summed E-state index contributed by atoms with van der Waals surface area (Å²) in [6, 6.07) is 4.51. The van der Waals surface area contributed by atoms with Crippen LogP contribution in [-0.2, 0) is 14.6 Å². The molecule has 0 amide bonds. The van der Waals surface area contributed by atoms with Gasteiger partial charge in [0.15, 0.2) is 15.7 Å². The molecule has 32 heavy (non-hydrogen) atoms. The Kier molecular flexibility index (Phi) is 8.03. The first kappa shape index (κ1) is 24.8. The van der Waals surface area contributed by atoms with Crippen molar-refractivity contribution in [3.8, 4) is 0 Å². The molecule has 0 aliphatic rings. The Hall–Kier alpha value is -1.87. The SMILES string of the molecule is COCC(CCCCCS(=O)(=O)c1ccc(Cl)cc1Cl)n1cnc2c(N)nc(C)c(C)c21. The number of fused-ring (bicyclic) bond motifs is 1. The van der Waals surface area contributed by atoms with Gasteiger partial charge in [-0.05, 0) is 50.5 Å². The van der Waals surface area contributed by atoms with E-state index in [1.54, 1.807) is 13.4 Å². The lowest BCUT2D eigenvalue weighted by atomic mass is 10.1. The molecule has 2 aromatic heterocycles. The van der Waals surface area contributed by atoms with Crippen LogP contribution in [-0.4, -0.2) is 42.4 Å². The molecule has 10 heteroatoms. The number of nitrogens with two attached hydrogens (primary N) is 1. The molecule has 1 aromatic carbocycles. The molecule has 3 rings (SSSR count). The number of ether oxygens (including phenoxy) is 1. The fraction of sp³-hybridized carbons (Fsp3) is 0.455. The molecule has 1 atom stereocenters. The van der Waals surface area contributed by atoms with Gasteiger partial charge in [-0.2, -0.15) is 0 Å². The standard InChI is InChI=1S/C22H28Cl2N4O3S/c1-14-15(2)27-22(25)20-21(14)28(13-26-20)17(12-31-3)7-5-4-6-10-32(29,30)19-9-8-16(23)11-18(19)24/h8-9,11,13,17H,4-7,10,12H2,1-3H3,(H2,25,27). The second-order valence-electron chi connectivity index (χ2n) is 7.91. The number of rotatable bonds is 10. The zero-order valence-corrected chi connectivity index (χ0v) is 20.8. The van der Waals surface area contributed by atoms with Gasteiger partial charge in [0.1, 0.15) is 5.52 Å². The van der Waals surface area contributed by atoms with Crippen molar-refractivity contribution in [3.05, 3.63) is 45.8 Å². The van der Waals surface area contributed by atoms with Crippen LogP contribution in [0.4, 0.5) is 5.82 Å². The molecule has 0 aliphatic heterocycles. The Morgan fingerprint density at radius 1 is 1.19 bits per heavy atom. The molecular weight excluding hydrogens is 471 g/mol. The molecule has 2 heterocycles. The van der Waals surface area contributed by atoms with Crippen molar-refractivity contribution in [2.45, 2.75) is 50.5 Å². The van der Waals surface area contributed by atoms with E-state index in [4.69, 9.17) is 33.7 Å². The number of benzene rings is 1. The van der Waals surface area contributed by atoms with Gasteiger partial charge < -0.3 is 15.0 Å². The van der Waals surface area contributed by atoms with Crippen LogP contribution in [0.15, 0.2) is 29.4 Å². The fourth-order valence-electron chi connectivity index (χ4n) is 3.87. The van der Waals surface area contributed by atoms with Crippen molar-refractivity contribution < 1.29 is 13.2 Å². The number of imidazole rings is 1. The maximum absolute atomic E-state index is 12.6. The summed E-state index contributed by atoms with van der Waals surface area (Å²) in [7, 11) is -1.79. The highest BCUT2D eigenvalue weighted by Gasteiger charge is 2.20. The van der Waals surface area contributed by atoms with E-state index in [-0.39, 0.29) is 21.7 Å². The predicted octanol–water partition coefficient (Wildman–Crippen LogP) is 5.16. The van der Waals surface area contributed by atoms with Crippen LogP contribution in [0.5, 0.6) is 0 Å². The van der Waals surface area contributed by atoms with Crippen LogP contribution in [0.1, 0.15) is 43.0 Å². The van der Waals surface area contributed by atoms with Gasteiger partial charge in [-0.25, -0.2) is 18.4 Å². The van der Waals surface area contributed by atoms with E-state index in [1.807, 2.05) is 13.8 Å². The molecule has 2 N–H and O–H groups in total. The van der Waals surface area contributed by atoms with Crippen LogP contribution in [0.2, 0.25) is 10.0 Å². The summed E-state index contributed by atoms with van der Waals surface area (Å²) < 4.78 is 32.8. The highest BCUT2D eigenvalue weighted by Crippen LogP contribution is 2.29. The Bertz CT molecular complexity index is 1210. The highest BCUT2D eigenvalue weighted by molar-refractivity contribution is 7.91. The summed E-state index contributed by atoms with van der Waals surface area (Å²) >= 11 is 11.9. The maximum Gasteiger partial charge on any atom is 0.179 e. The number of unbranched alkanes of at least 4 members (excludes halogenated alkanes) is 2. The maximum atomic E-state index is 12.6. The second-order valence-corrected chi connectivity index (χ2v) is 10.8. The van der Waals surface area contributed by atoms with Crippen molar-refractivity contribution in [1.29, 1.82) is 0 Å². The van der Waals surface area contributed by atoms with E-state index in [1.165, 1.54) is 18.2 Å². The summed E-state index contributed by atoms with van der Waals surface area (Å²) in [5.41, 5.74) is 9.65. The van der Waals surface area contributed by atoms with Gasteiger partial charge in [0.25, 0.3) is 0 Å². The molecule has 0 radical (unpaired) electrons. The van der Waals surface area contributed by atoms with Crippen LogP contribution >= 0.6 is 23.2 Å². The first-order valence-electron chi connectivity index (χ1n) is 10.4. The van der Waals surface area contributed by atoms with Gasteiger partial charge in [0, 0.05) is 17.8 Å². The molecule has 3 aromatic rings. The van der Waals surface area contributed by atoms with E-state index in [0.717, 1.165) is 36.0 Å². The number of aryl methyl sites for hydroxylation is 2. The number of hydrogen-bond donors (Lipinski definition) is 1. The Morgan fingerprint density at radius 2 is 1.94 bits per heavy atom. The molecule has 0 saturated heterocycles. The number of sulfone groups is 1. The number of methoxy groups -OCH3 is 1. The lowest BCUT2D eigenvalue weighted by Crippen LogP contribution is -2.15. The molecule has 1 unspecified atom stereocenters. The molecule has 0 fully saturated rings. The number of nitrogens with zero attached hydrogens (tertiary/aromatic N) is 3. The van der Waals surface area contributed by atoms with Crippen LogP contribution in [0.3, 0.4) is 0 Å². The predicted molar refractivity (Wildman–Crippen MR) is 129 cm³/mol. The average molecular weight is 499 g/mol. The van der Waals surface area contributed by atoms with Crippen molar-refractivity contribution in [2.75, 3.05) is 25.2 Å². The molecule has 0 bridgehead atoms. The summed E-state index contributed by atoms with van der Waals surface area (Å²) in [6.45, 7) is 4.46. The van der Waals surface area contributed by atoms with Crippen molar-refractivity contribution in [3.63, 3.8) is 0 Å². The Labute approximate surface area is 198 Å². The van der Waals surface area contributed by atoms with Gasteiger partial charge in [-0.3, -0.25) is 0 Å². The average Bonchev–Trinajstić information content (AvgIpc) is 3.16. The van der Waals surface area contributed by atoms with Gasteiger partial charge in [0.2, 0.25) is 0 Å². The Balaban J connectivity index is 1.65. The molecule has 0 saturated carbocycles. The highest BCUT2D eigenvalue weighted by atomic mass is 35.5. The van der Waals surface area contributed by atoms with Crippen molar-refractivity contribution in [2.24, 2.45) is 0 Å². The van der Waals surface area contributed by atoms with Crippen molar-refractivity contribution >= 4 is 49.9 Å². The van der Waals surface area contributed by atoms with Gasteiger partial charge >= 0.3 is 0 Å². The summed E-state index contributed by atoms with van der Waals surface area (Å²) in [5.74, 6) is 0.460. The first-order valence-corrected chi connectivity index (χ1v) is 12.8. The minimum atomic E-state index is -3.46. The number of halogens is 2. The smallest absolute Gasteiger partial charge is 0.179 e. The molecule has 0 spiro atoms. The molecular formula is C22H28Cl2N4O3S. The topological polar surface area (TPSA) is 100 Å². The first-order chi connectivity index (χ1) is 15.2. The van der Waals surface area contributed by atoms with Crippen molar-refractivity contribution in [1.82, 2.24) is 14.5 Å². The van der Waals surface area contributed by atoms with E-state index >= 15 is 0 Å². The van der Waals surface area contributed by atoms with E-state index in [0.29, 0.717) is 29.4 Å². The molecule has 0 aliphatic carbocycles. The lowest BCUT2D eigenvalue weighted by molar-refractivity contribution is 0.151. The molecule has 174 valence electrons. The van der Waals surface area contributed by atoms with E-state index in [2.05, 4.69) is 14.5 Å². The fourth-order valence-corrected chi connectivity index (χ4v) is 6.06. The van der Waals surface area contributed by atoms with Gasteiger partial charge in [0.05, 0.1) is 40.2 Å². The third-order valence-electron chi connectivity index (χ3n) is 5.65. The normalized spacial score (nSPS) is 13.0. The zero-order chi connectivity index (χ0) is 23.5. The third-order valence-corrected chi connectivity index (χ3v) is 8.17. The second kappa shape index (κ2) is 10.4. The largest absolute Gasteiger partial charge is 0.383 e. The third kappa shape index (κ3) is 5.36. The summed E-state index contributed by atoms with van der Waals surface area (Å²) in [6.07, 6.45) is 4.75. The minimum Gasteiger partial charge on any atom is -0.383 e. The number of aromatic nitrogens is 3. The quantitative estimate of drug-likeness (QED) is 0.387. The number of anilines is 1. The van der Waals surface area contributed by atoms with Gasteiger partial charge in [-0.1, -0.05) is 36.0 Å². The van der Waals surface area contributed by atoms with Gasteiger partial charge in [-0.15, -0.1) is 0 Å². The molecule has 7 nitrogen and oxygen atoms in total. The number of pyridine rings is 1. The zero-order valence-electron chi connectivity index (χ0n) is 18.4. The number of hydrogen-bond acceptors (Lipinski definition) is 6. The number of nitrogen functional groups attached to an aromatic ring is 1. The minimum absolute atomic E-state index is 0.0395. The van der Waals surface area contributed by atoms with Crippen LogP contribution in [0.25, 0.3) is 11.0 Å². The Morgan fingerprint density at radius 3 is 2.62 bits per heavy atom. The summed E-state index contributed by atoms with van der Waals surface area (Å²) in [5, 5.41) is 0.567. The van der Waals surface area contributed by atoms with Crippen LogP contribution in [0, 0.1) is 13.8 Å². The monoisotopic (exact) mass is 498 g/mol. The van der Waals surface area contributed by atoms with Crippen LogP contribution < -0.4 is 5.73 Å². The lowest BCUT2D eigenvalue weighted by Gasteiger charge is -2.20. The summed E-state index contributed by atoms with van der Waals surface area (Å²) in [4.78, 5) is 8.96.